The molecule has 2 amide bonds. The third-order valence-corrected chi connectivity index (χ3v) is 2.46. The molecule has 0 radical (unpaired) electrons. The molecule has 0 saturated carbocycles. The van der Waals surface area contributed by atoms with E-state index in [1.807, 2.05) is 18.2 Å². The molecule has 1 aliphatic rings. The first-order chi connectivity index (χ1) is 7.65. The number of amides is 2. The minimum atomic E-state index is -0.259. The van der Waals surface area contributed by atoms with Crippen LogP contribution in [0.25, 0.3) is 0 Å². The Hall–Kier alpha value is -1.88. The van der Waals surface area contributed by atoms with Crippen molar-refractivity contribution >= 4 is 17.5 Å². The van der Waals surface area contributed by atoms with E-state index in [-0.39, 0.29) is 24.9 Å². The maximum atomic E-state index is 11.2. The number of nitrogens with two attached hydrogens (primary N) is 1. The maximum absolute atomic E-state index is 11.2. The molecular weight excluding hydrogens is 206 g/mol. The van der Waals surface area contributed by atoms with Crippen LogP contribution in [-0.2, 0) is 16.1 Å². The number of carbonyl (C=O) groups is 2. The van der Waals surface area contributed by atoms with E-state index in [0.29, 0.717) is 12.2 Å². The smallest absolute Gasteiger partial charge is 0.240 e. The van der Waals surface area contributed by atoms with E-state index in [0.717, 1.165) is 5.56 Å². The minimum absolute atomic E-state index is 0.236. The maximum Gasteiger partial charge on any atom is 0.240 e. The van der Waals surface area contributed by atoms with E-state index in [4.69, 9.17) is 5.73 Å². The second kappa shape index (κ2) is 4.32. The van der Waals surface area contributed by atoms with Gasteiger partial charge in [0.15, 0.2) is 0 Å². The zero-order valence-electron chi connectivity index (χ0n) is 8.77. The van der Waals surface area contributed by atoms with Crippen LogP contribution in [0.15, 0.2) is 24.3 Å². The monoisotopic (exact) mass is 219 g/mol. The topological polar surface area (TPSA) is 75.4 Å². The number of benzene rings is 1. The molecule has 0 bridgehead atoms. The van der Waals surface area contributed by atoms with E-state index >= 15 is 0 Å². The van der Waals surface area contributed by atoms with E-state index in [1.54, 1.807) is 11.0 Å². The predicted octanol–water partition coefficient (Wildman–Crippen LogP) is -0.273. The highest BCUT2D eigenvalue weighted by Gasteiger charge is 2.22. The zero-order chi connectivity index (χ0) is 11.5. The normalized spacial score (nSPS) is 17.2. The van der Waals surface area contributed by atoms with Crippen molar-refractivity contribution in [3.63, 3.8) is 0 Å². The van der Waals surface area contributed by atoms with Gasteiger partial charge in [-0.25, -0.2) is 0 Å². The largest absolute Gasteiger partial charge is 0.398 e. The minimum Gasteiger partial charge on any atom is -0.398 e. The molecule has 84 valence electrons. The highest BCUT2D eigenvalue weighted by atomic mass is 16.2. The Labute approximate surface area is 93.2 Å². The van der Waals surface area contributed by atoms with Crippen LogP contribution in [0.2, 0.25) is 0 Å². The quantitative estimate of drug-likeness (QED) is 0.530. The Morgan fingerprint density at radius 2 is 1.81 bits per heavy atom. The first-order valence-corrected chi connectivity index (χ1v) is 5.03. The summed E-state index contributed by atoms with van der Waals surface area (Å²) < 4.78 is 0. The molecule has 0 aromatic heterocycles. The highest BCUT2D eigenvalue weighted by molar-refractivity contribution is 5.99. The lowest BCUT2D eigenvalue weighted by Crippen LogP contribution is -2.50. The van der Waals surface area contributed by atoms with Crippen molar-refractivity contribution in [3.8, 4) is 0 Å². The second-order valence-corrected chi connectivity index (χ2v) is 3.82. The van der Waals surface area contributed by atoms with Gasteiger partial charge in [-0.2, -0.15) is 0 Å². The van der Waals surface area contributed by atoms with Gasteiger partial charge in [-0.05, 0) is 11.6 Å². The van der Waals surface area contributed by atoms with Crippen LogP contribution in [0.4, 0.5) is 5.69 Å². The van der Waals surface area contributed by atoms with Crippen molar-refractivity contribution in [1.29, 1.82) is 0 Å². The Bertz CT molecular complexity index is 415. The number of hydrogen-bond acceptors (Lipinski definition) is 4. The molecule has 1 heterocycles. The number of carbonyl (C=O) groups excluding carboxylic acids is 2. The van der Waals surface area contributed by atoms with Crippen LogP contribution in [0.5, 0.6) is 0 Å². The highest BCUT2D eigenvalue weighted by Crippen LogP contribution is 2.13. The fourth-order valence-electron chi connectivity index (χ4n) is 1.73. The number of piperazine rings is 1. The van der Waals surface area contributed by atoms with Crippen LogP contribution in [-0.4, -0.2) is 29.8 Å². The van der Waals surface area contributed by atoms with Crippen LogP contribution in [0, 0.1) is 0 Å². The van der Waals surface area contributed by atoms with Crippen LogP contribution >= 0.6 is 0 Å². The average Bonchev–Trinajstić information content (AvgIpc) is 2.20. The van der Waals surface area contributed by atoms with E-state index < -0.39 is 0 Å². The van der Waals surface area contributed by atoms with Gasteiger partial charge in [-0.3, -0.25) is 19.8 Å². The number of nitrogens with one attached hydrogen (secondary N) is 1. The van der Waals surface area contributed by atoms with Gasteiger partial charge in [-0.15, -0.1) is 0 Å². The molecule has 1 saturated heterocycles. The average molecular weight is 219 g/mol. The lowest BCUT2D eigenvalue weighted by atomic mass is 10.1. The molecule has 5 nitrogen and oxygen atoms in total. The van der Waals surface area contributed by atoms with Crippen molar-refractivity contribution in [3.05, 3.63) is 29.8 Å². The van der Waals surface area contributed by atoms with Crippen molar-refractivity contribution in [1.82, 2.24) is 10.2 Å². The fraction of sp³-hybridized carbons (Fsp3) is 0.273. The number of anilines is 1. The van der Waals surface area contributed by atoms with Crippen molar-refractivity contribution < 1.29 is 9.59 Å². The van der Waals surface area contributed by atoms with Crippen molar-refractivity contribution in [2.24, 2.45) is 0 Å². The number of imide groups is 1. The predicted molar refractivity (Wildman–Crippen MR) is 59.3 cm³/mol. The summed E-state index contributed by atoms with van der Waals surface area (Å²) in [6.45, 7) is 0.992. The third-order valence-electron chi connectivity index (χ3n) is 2.46. The van der Waals surface area contributed by atoms with Crippen LogP contribution in [0.3, 0.4) is 0 Å². The summed E-state index contributed by atoms with van der Waals surface area (Å²) >= 11 is 0. The van der Waals surface area contributed by atoms with Gasteiger partial charge in [0.05, 0.1) is 13.1 Å². The Morgan fingerprint density at radius 3 is 2.44 bits per heavy atom. The molecule has 0 spiro atoms. The van der Waals surface area contributed by atoms with Crippen molar-refractivity contribution in [2.75, 3.05) is 18.8 Å². The van der Waals surface area contributed by atoms with Crippen molar-refractivity contribution in [2.45, 2.75) is 6.54 Å². The molecule has 5 heteroatoms. The summed E-state index contributed by atoms with van der Waals surface area (Å²) in [4.78, 5) is 24.1. The third kappa shape index (κ3) is 2.38. The summed E-state index contributed by atoms with van der Waals surface area (Å²) in [6, 6.07) is 7.44. The SMILES string of the molecule is Nc1ccccc1CN1CC(=O)NC(=O)C1. The number of para-hydroxylation sites is 1. The summed E-state index contributed by atoms with van der Waals surface area (Å²) in [6.07, 6.45) is 0. The van der Waals surface area contributed by atoms with E-state index in [1.165, 1.54) is 0 Å². The van der Waals surface area contributed by atoms with Gasteiger partial charge in [0.1, 0.15) is 0 Å². The molecule has 1 aromatic carbocycles. The fourth-order valence-corrected chi connectivity index (χ4v) is 1.73. The molecule has 0 aliphatic carbocycles. The van der Waals surface area contributed by atoms with Gasteiger partial charge in [0.25, 0.3) is 0 Å². The second-order valence-electron chi connectivity index (χ2n) is 3.82. The summed E-state index contributed by atoms with van der Waals surface area (Å²) in [5.41, 5.74) is 7.41. The molecule has 1 aliphatic heterocycles. The summed E-state index contributed by atoms with van der Waals surface area (Å²) in [5.74, 6) is -0.517. The standard InChI is InChI=1S/C11H13N3O2/c12-9-4-2-1-3-8(9)5-14-6-10(15)13-11(16)7-14/h1-4H,5-7,12H2,(H,13,15,16). The van der Waals surface area contributed by atoms with Gasteiger partial charge in [0, 0.05) is 12.2 Å². The number of hydrogen-bond donors (Lipinski definition) is 2. The Kier molecular flexibility index (Phi) is 2.87. The molecule has 3 N–H and O–H groups in total. The lowest BCUT2D eigenvalue weighted by Gasteiger charge is -2.25. The van der Waals surface area contributed by atoms with Gasteiger partial charge >= 0.3 is 0 Å². The van der Waals surface area contributed by atoms with Gasteiger partial charge in [0.2, 0.25) is 11.8 Å². The molecule has 0 unspecified atom stereocenters. The van der Waals surface area contributed by atoms with Crippen LogP contribution < -0.4 is 11.1 Å². The molecule has 2 rings (SSSR count). The number of rotatable bonds is 2. The molecule has 1 aromatic rings. The van der Waals surface area contributed by atoms with E-state index in [2.05, 4.69) is 5.32 Å². The Morgan fingerprint density at radius 1 is 1.19 bits per heavy atom. The molecular formula is C11H13N3O2. The number of nitrogen functional groups attached to an aromatic ring is 1. The van der Waals surface area contributed by atoms with Crippen LogP contribution in [0.1, 0.15) is 5.56 Å². The summed E-state index contributed by atoms with van der Waals surface area (Å²) in [7, 11) is 0. The zero-order valence-corrected chi connectivity index (χ0v) is 8.77. The van der Waals surface area contributed by atoms with Gasteiger partial charge in [-0.1, -0.05) is 18.2 Å². The number of nitrogens with zero attached hydrogens (tertiary/aromatic N) is 1. The first-order valence-electron chi connectivity index (χ1n) is 5.03. The summed E-state index contributed by atoms with van der Waals surface area (Å²) in [5, 5.41) is 2.26. The van der Waals surface area contributed by atoms with Gasteiger partial charge < -0.3 is 5.73 Å². The first kappa shape index (κ1) is 10.6. The molecule has 1 fully saturated rings. The molecule has 0 atom stereocenters. The molecule has 16 heavy (non-hydrogen) atoms. The lowest BCUT2D eigenvalue weighted by molar-refractivity contribution is -0.136. The van der Waals surface area contributed by atoms with E-state index in [9.17, 15) is 9.59 Å². The Balaban J connectivity index is 2.07.